The summed E-state index contributed by atoms with van der Waals surface area (Å²) < 4.78 is 0. The molecule has 0 spiro atoms. The molecule has 0 heterocycles. The second-order valence-electron chi connectivity index (χ2n) is 0.250. The van der Waals surface area contributed by atoms with Crippen molar-refractivity contribution in [2.45, 2.75) is 0 Å². The molecule has 6 heavy (non-hydrogen) atoms. The van der Waals surface area contributed by atoms with Crippen molar-refractivity contribution in [1.29, 1.82) is 0 Å². The summed E-state index contributed by atoms with van der Waals surface area (Å²) in [5.41, 5.74) is 0. The van der Waals surface area contributed by atoms with Crippen LogP contribution in [0.3, 0.4) is 0 Å². The summed E-state index contributed by atoms with van der Waals surface area (Å²) in [6.45, 7) is 0. The van der Waals surface area contributed by atoms with E-state index < -0.39 is 6.16 Å². The van der Waals surface area contributed by atoms with Crippen LogP contribution in [0.2, 0.25) is 0 Å². The van der Waals surface area contributed by atoms with Gasteiger partial charge in [-0.3, -0.25) is 0 Å². The molecule has 0 rings (SSSR count). The van der Waals surface area contributed by atoms with Gasteiger partial charge in [0.15, 0.2) is 0 Å². The maximum Gasteiger partial charge on any atom is 2.00 e. The fraction of sp³-hybridized carbons (Fsp3) is 0. The number of carbonyl (C=O) groups is 1. The Labute approximate surface area is 91.8 Å². The molecule has 0 unspecified atom stereocenters. The molecule has 36 valence electrons. The molecule has 0 aromatic heterocycles. The van der Waals surface area contributed by atoms with Crippen LogP contribution in [0.4, 0.5) is 4.79 Å². The number of hydrogen-bond acceptors (Lipinski definition) is 3. The second-order valence-corrected chi connectivity index (χ2v) is 0.250. The van der Waals surface area contributed by atoms with Gasteiger partial charge < -0.3 is 17.9 Å². The first-order valence-corrected chi connectivity index (χ1v) is 0.612. The third kappa shape index (κ3) is 49.4. The minimum atomic E-state index is -2.33. The number of carboxylic acid groups (broad SMARTS) is 2. The summed E-state index contributed by atoms with van der Waals surface area (Å²) in [5, 5.41) is 16.7. The van der Waals surface area contributed by atoms with Crippen LogP contribution in [-0.2, 0) is 20.4 Å². The summed E-state index contributed by atoms with van der Waals surface area (Å²) >= 11 is 0. The minimum absolute atomic E-state index is 0. The molecule has 0 aliphatic rings. The van der Waals surface area contributed by atoms with Crippen LogP contribution in [0, 0.1) is 0 Å². The van der Waals surface area contributed by atoms with E-state index in [4.69, 9.17) is 15.0 Å². The van der Waals surface area contributed by atoms with Crippen LogP contribution < -0.4 is 10.2 Å². The van der Waals surface area contributed by atoms with Gasteiger partial charge in [-0.05, 0) is 6.16 Å². The van der Waals surface area contributed by atoms with Gasteiger partial charge in [-0.1, -0.05) is 0 Å². The van der Waals surface area contributed by atoms with E-state index in [0.29, 0.717) is 0 Å². The number of rotatable bonds is 0. The van der Waals surface area contributed by atoms with Crippen molar-refractivity contribution < 1.29 is 38.3 Å². The Morgan fingerprint density at radius 1 is 1.50 bits per heavy atom. The standard InChI is InChI=1S/CH2O3.Ba.Pd.2H/c2-1(3)4;;;;/h(H2,2,3,4);;;;/q;2*+2;2*-1/p-2. The van der Waals surface area contributed by atoms with E-state index >= 15 is 0 Å². The third-order valence-electron chi connectivity index (χ3n) is 0. The van der Waals surface area contributed by atoms with Crippen LogP contribution >= 0.6 is 0 Å². The predicted molar refractivity (Wildman–Crippen MR) is 13.4 cm³/mol. The van der Waals surface area contributed by atoms with Crippen molar-refractivity contribution in [1.82, 2.24) is 0 Å². The SMILES string of the molecule is O=C([O-])[O-].[Ba+2].[H-].[H-].[Pd+2]. The molecule has 0 radical (unpaired) electrons. The molecule has 0 aliphatic heterocycles. The minimum Gasteiger partial charge on any atom is -1.00 e. The Balaban J connectivity index is -0.00000000750. The molecule has 0 N–H and O–H groups in total. The zero-order chi connectivity index (χ0) is 3.58. The largest absolute Gasteiger partial charge is 2.00 e. The fourth-order valence-electron chi connectivity index (χ4n) is 0. The molecular weight excluding hydrogens is 304 g/mol. The van der Waals surface area contributed by atoms with Crippen LogP contribution in [0.1, 0.15) is 2.85 Å². The molecule has 5 heteroatoms. The third-order valence-corrected chi connectivity index (χ3v) is 0. The van der Waals surface area contributed by atoms with Gasteiger partial charge in [0, 0.05) is 0 Å². The quantitative estimate of drug-likeness (QED) is 0.461. The molecule has 0 saturated carbocycles. The van der Waals surface area contributed by atoms with E-state index in [1.165, 1.54) is 0 Å². The maximum atomic E-state index is 8.33. The Hall–Kier alpha value is 1.50. The number of carbonyl (C=O) groups excluding carboxylic acids is 1. The summed E-state index contributed by atoms with van der Waals surface area (Å²) in [4.78, 5) is 8.33. The summed E-state index contributed by atoms with van der Waals surface area (Å²) in [7, 11) is 0. The molecule has 0 bridgehead atoms. The molecule has 0 fully saturated rings. The monoisotopic (exact) mass is 306 g/mol. The Kier molecular flexibility index (Phi) is 25.3. The maximum absolute atomic E-state index is 8.33. The molecule has 0 amide bonds. The number of hydrogen-bond donors (Lipinski definition) is 0. The molecule has 0 aliphatic carbocycles. The smallest absolute Gasteiger partial charge is 1.00 e. The molecule has 0 aromatic rings. The molecule has 0 aromatic carbocycles. The van der Waals surface area contributed by atoms with E-state index in [0.717, 1.165) is 0 Å². The first kappa shape index (κ1) is 15.6. The zero-order valence-corrected chi connectivity index (χ0v) is 8.74. The van der Waals surface area contributed by atoms with Gasteiger partial charge in [0.2, 0.25) is 0 Å². The first-order valence-electron chi connectivity index (χ1n) is 0.612. The Morgan fingerprint density at radius 2 is 1.50 bits per heavy atom. The molecular formula is CH2BaO3Pd. The summed E-state index contributed by atoms with van der Waals surface area (Å²) in [5.74, 6) is 0. The van der Waals surface area contributed by atoms with Gasteiger partial charge in [-0.2, -0.15) is 0 Å². The average molecular weight is 306 g/mol. The predicted octanol–water partition coefficient (Wildman–Crippen LogP) is -2.61. The van der Waals surface area contributed by atoms with Gasteiger partial charge in [0.1, 0.15) is 0 Å². The van der Waals surface area contributed by atoms with Crippen molar-refractivity contribution in [2.75, 3.05) is 0 Å². The normalized spacial score (nSPS) is 4.00. The van der Waals surface area contributed by atoms with E-state index in [9.17, 15) is 0 Å². The molecule has 3 nitrogen and oxygen atoms in total. The van der Waals surface area contributed by atoms with Gasteiger partial charge in [0.25, 0.3) is 0 Å². The van der Waals surface area contributed by atoms with E-state index in [1.54, 1.807) is 0 Å². The Morgan fingerprint density at radius 3 is 1.50 bits per heavy atom. The zero-order valence-electron chi connectivity index (χ0n) is 4.75. The van der Waals surface area contributed by atoms with Gasteiger partial charge in [0.05, 0.1) is 0 Å². The van der Waals surface area contributed by atoms with E-state index in [-0.39, 0.29) is 72.2 Å². The molecule has 0 saturated heterocycles. The van der Waals surface area contributed by atoms with Crippen LogP contribution in [0.5, 0.6) is 0 Å². The molecule has 0 atom stereocenters. The topological polar surface area (TPSA) is 63.2 Å². The van der Waals surface area contributed by atoms with Crippen LogP contribution in [0.15, 0.2) is 0 Å². The summed E-state index contributed by atoms with van der Waals surface area (Å²) in [6.07, 6.45) is -2.33. The van der Waals surface area contributed by atoms with Crippen molar-refractivity contribution in [3.05, 3.63) is 0 Å². The average Bonchev–Trinajstić information content (AvgIpc) is 0.811. The van der Waals surface area contributed by atoms with Gasteiger partial charge >= 0.3 is 69.3 Å². The summed E-state index contributed by atoms with van der Waals surface area (Å²) in [6, 6.07) is 0. The first-order chi connectivity index (χ1) is 1.73. The van der Waals surface area contributed by atoms with Crippen molar-refractivity contribution >= 4 is 55.0 Å². The van der Waals surface area contributed by atoms with Gasteiger partial charge in [-0.25, -0.2) is 0 Å². The van der Waals surface area contributed by atoms with E-state index in [2.05, 4.69) is 0 Å². The fourth-order valence-corrected chi connectivity index (χ4v) is 0. The van der Waals surface area contributed by atoms with Gasteiger partial charge in [-0.15, -0.1) is 0 Å². The van der Waals surface area contributed by atoms with Crippen LogP contribution in [-0.4, -0.2) is 55.0 Å². The van der Waals surface area contributed by atoms with Crippen LogP contribution in [0.25, 0.3) is 0 Å². The van der Waals surface area contributed by atoms with Crippen molar-refractivity contribution in [2.24, 2.45) is 0 Å². The van der Waals surface area contributed by atoms with E-state index in [1.807, 2.05) is 0 Å². The Bertz CT molecular complexity index is 40.3. The second kappa shape index (κ2) is 9.71. The van der Waals surface area contributed by atoms with Crippen molar-refractivity contribution in [3.8, 4) is 0 Å². The van der Waals surface area contributed by atoms with Crippen molar-refractivity contribution in [3.63, 3.8) is 0 Å².